The van der Waals surface area contributed by atoms with Crippen LogP contribution in [0.3, 0.4) is 0 Å². The van der Waals surface area contributed by atoms with E-state index in [1.807, 2.05) is 35.9 Å². The Balaban J connectivity index is 2.33. The van der Waals surface area contributed by atoms with Crippen molar-refractivity contribution >= 4 is 11.8 Å². The standard InChI is InChI=1S/C10H20N4S/c1-3-4-15-8-10(13-11)5-9-6-12-14(2)7-9/h6-7,10,13H,3-5,8,11H2,1-2H3. The summed E-state index contributed by atoms with van der Waals surface area (Å²) in [5.41, 5.74) is 4.09. The molecule has 1 rings (SSSR count). The number of nitrogens with two attached hydrogens (primary N) is 1. The molecule has 1 unspecified atom stereocenters. The van der Waals surface area contributed by atoms with Crippen LogP contribution in [0.25, 0.3) is 0 Å². The molecule has 0 bridgehead atoms. The fraction of sp³-hybridized carbons (Fsp3) is 0.700. The van der Waals surface area contributed by atoms with Gasteiger partial charge in [-0.15, -0.1) is 0 Å². The Kier molecular flexibility index (Phi) is 5.75. The lowest BCUT2D eigenvalue weighted by atomic mass is 10.1. The van der Waals surface area contributed by atoms with Crippen LogP contribution >= 0.6 is 11.8 Å². The zero-order valence-corrected chi connectivity index (χ0v) is 10.3. The lowest BCUT2D eigenvalue weighted by molar-refractivity contribution is 0.575. The molecular formula is C10H20N4S. The molecule has 0 aliphatic rings. The average Bonchev–Trinajstić information content (AvgIpc) is 2.63. The Morgan fingerprint density at radius 3 is 3.00 bits per heavy atom. The molecule has 15 heavy (non-hydrogen) atoms. The number of thioether (sulfide) groups is 1. The first-order chi connectivity index (χ1) is 7.26. The predicted molar refractivity (Wildman–Crippen MR) is 65.6 cm³/mol. The number of hydrogen-bond donors (Lipinski definition) is 2. The lowest BCUT2D eigenvalue weighted by Crippen LogP contribution is -2.38. The molecule has 0 spiro atoms. The highest BCUT2D eigenvalue weighted by Gasteiger charge is 2.08. The number of aromatic nitrogens is 2. The highest BCUT2D eigenvalue weighted by atomic mass is 32.2. The normalized spacial score (nSPS) is 13.0. The SMILES string of the molecule is CCCSCC(Cc1cnn(C)c1)NN. The minimum absolute atomic E-state index is 0.339. The Morgan fingerprint density at radius 2 is 2.47 bits per heavy atom. The molecule has 5 heteroatoms. The van der Waals surface area contributed by atoms with Crippen molar-refractivity contribution in [2.24, 2.45) is 12.9 Å². The van der Waals surface area contributed by atoms with Crippen LogP contribution in [-0.4, -0.2) is 27.3 Å². The third kappa shape index (κ3) is 4.68. The smallest absolute Gasteiger partial charge is 0.0522 e. The van der Waals surface area contributed by atoms with E-state index in [4.69, 9.17) is 5.84 Å². The molecule has 0 radical (unpaired) electrons. The zero-order valence-electron chi connectivity index (χ0n) is 9.44. The second kappa shape index (κ2) is 6.87. The molecule has 1 heterocycles. The molecule has 0 aliphatic heterocycles. The zero-order chi connectivity index (χ0) is 11.1. The van der Waals surface area contributed by atoms with Gasteiger partial charge in [0.15, 0.2) is 0 Å². The van der Waals surface area contributed by atoms with Crippen molar-refractivity contribution in [1.29, 1.82) is 0 Å². The fourth-order valence-corrected chi connectivity index (χ4v) is 2.35. The molecular weight excluding hydrogens is 208 g/mol. The van der Waals surface area contributed by atoms with Crippen LogP contribution in [0.5, 0.6) is 0 Å². The van der Waals surface area contributed by atoms with Gasteiger partial charge >= 0.3 is 0 Å². The Bertz CT molecular complexity index is 274. The summed E-state index contributed by atoms with van der Waals surface area (Å²) < 4.78 is 1.82. The van der Waals surface area contributed by atoms with Gasteiger partial charge in [-0.1, -0.05) is 6.92 Å². The number of rotatable bonds is 7. The van der Waals surface area contributed by atoms with Crippen molar-refractivity contribution in [3.05, 3.63) is 18.0 Å². The molecule has 4 nitrogen and oxygen atoms in total. The van der Waals surface area contributed by atoms with E-state index in [9.17, 15) is 0 Å². The molecule has 3 N–H and O–H groups in total. The van der Waals surface area contributed by atoms with Gasteiger partial charge in [-0.2, -0.15) is 16.9 Å². The van der Waals surface area contributed by atoms with Crippen molar-refractivity contribution in [3.8, 4) is 0 Å². The van der Waals surface area contributed by atoms with Gasteiger partial charge in [0.25, 0.3) is 0 Å². The van der Waals surface area contributed by atoms with Crippen molar-refractivity contribution in [3.63, 3.8) is 0 Å². The van der Waals surface area contributed by atoms with Gasteiger partial charge < -0.3 is 0 Å². The number of hydrogen-bond acceptors (Lipinski definition) is 4. The van der Waals surface area contributed by atoms with E-state index in [0.717, 1.165) is 12.2 Å². The van der Waals surface area contributed by atoms with E-state index >= 15 is 0 Å². The second-order valence-corrected chi connectivity index (χ2v) is 4.81. The van der Waals surface area contributed by atoms with Gasteiger partial charge in [0.2, 0.25) is 0 Å². The first-order valence-corrected chi connectivity index (χ1v) is 6.43. The van der Waals surface area contributed by atoms with Gasteiger partial charge in [-0.25, -0.2) is 0 Å². The summed E-state index contributed by atoms with van der Waals surface area (Å²) in [6.45, 7) is 2.19. The molecule has 0 amide bonds. The summed E-state index contributed by atoms with van der Waals surface area (Å²) in [4.78, 5) is 0. The molecule has 0 aliphatic carbocycles. The van der Waals surface area contributed by atoms with Crippen LogP contribution < -0.4 is 11.3 Å². The number of aryl methyl sites for hydroxylation is 1. The molecule has 0 aromatic carbocycles. The van der Waals surface area contributed by atoms with Crippen molar-refractivity contribution in [1.82, 2.24) is 15.2 Å². The minimum Gasteiger partial charge on any atom is -0.276 e. The maximum Gasteiger partial charge on any atom is 0.0522 e. The monoisotopic (exact) mass is 228 g/mol. The lowest BCUT2D eigenvalue weighted by Gasteiger charge is -2.13. The fourth-order valence-electron chi connectivity index (χ4n) is 1.40. The maximum absolute atomic E-state index is 5.52. The second-order valence-electron chi connectivity index (χ2n) is 3.66. The van der Waals surface area contributed by atoms with Crippen LogP contribution in [0.1, 0.15) is 18.9 Å². The van der Waals surface area contributed by atoms with Gasteiger partial charge in [0.1, 0.15) is 0 Å². The molecule has 1 aromatic rings. The topological polar surface area (TPSA) is 55.9 Å². The predicted octanol–water partition coefficient (Wildman–Crippen LogP) is 0.938. The van der Waals surface area contributed by atoms with Crippen LogP contribution in [0.2, 0.25) is 0 Å². The molecule has 0 fully saturated rings. The first-order valence-electron chi connectivity index (χ1n) is 5.27. The van der Waals surface area contributed by atoms with Gasteiger partial charge in [-0.3, -0.25) is 16.0 Å². The molecule has 1 aromatic heterocycles. The van der Waals surface area contributed by atoms with Crippen LogP contribution in [-0.2, 0) is 13.5 Å². The summed E-state index contributed by atoms with van der Waals surface area (Å²) in [6, 6.07) is 0.339. The van der Waals surface area contributed by atoms with E-state index in [2.05, 4.69) is 17.4 Å². The highest BCUT2D eigenvalue weighted by molar-refractivity contribution is 7.99. The van der Waals surface area contributed by atoms with Crippen molar-refractivity contribution < 1.29 is 0 Å². The van der Waals surface area contributed by atoms with Crippen molar-refractivity contribution in [2.75, 3.05) is 11.5 Å². The largest absolute Gasteiger partial charge is 0.276 e. The van der Waals surface area contributed by atoms with Crippen LogP contribution in [0.15, 0.2) is 12.4 Å². The van der Waals surface area contributed by atoms with Gasteiger partial charge in [0.05, 0.1) is 6.20 Å². The van der Waals surface area contributed by atoms with E-state index in [0.29, 0.717) is 6.04 Å². The maximum atomic E-state index is 5.52. The van der Waals surface area contributed by atoms with E-state index in [1.165, 1.54) is 17.7 Å². The Morgan fingerprint density at radius 1 is 1.67 bits per heavy atom. The van der Waals surface area contributed by atoms with Gasteiger partial charge in [0, 0.05) is 25.0 Å². The van der Waals surface area contributed by atoms with Crippen LogP contribution in [0, 0.1) is 0 Å². The first kappa shape index (κ1) is 12.5. The number of hydrazine groups is 1. The van der Waals surface area contributed by atoms with Crippen LogP contribution in [0.4, 0.5) is 0 Å². The van der Waals surface area contributed by atoms with E-state index in [1.54, 1.807) is 0 Å². The van der Waals surface area contributed by atoms with Gasteiger partial charge in [-0.05, 0) is 24.2 Å². The third-order valence-electron chi connectivity index (χ3n) is 2.14. The average molecular weight is 228 g/mol. The Hall–Kier alpha value is -0.520. The molecule has 0 saturated carbocycles. The summed E-state index contributed by atoms with van der Waals surface area (Å²) in [7, 11) is 1.93. The molecule has 0 saturated heterocycles. The number of nitrogens with zero attached hydrogens (tertiary/aromatic N) is 2. The number of nitrogens with one attached hydrogen (secondary N) is 1. The highest BCUT2D eigenvalue weighted by Crippen LogP contribution is 2.08. The molecule has 86 valence electrons. The van der Waals surface area contributed by atoms with Crippen molar-refractivity contribution in [2.45, 2.75) is 25.8 Å². The van der Waals surface area contributed by atoms with E-state index in [-0.39, 0.29) is 0 Å². The third-order valence-corrected chi connectivity index (χ3v) is 3.48. The molecule has 1 atom stereocenters. The summed E-state index contributed by atoms with van der Waals surface area (Å²) in [5.74, 6) is 7.77. The quantitative estimate of drug-likeness (QED) is 0.414. The minimum atomic E-state index is 0.339. The van der Waals surface area contributed by atoms with E-state index < -0.39 is 0 Å². The summed E-state index contributed by atoms with van der Waals surface area (Å²) in [6.07, 6.45) is 6.10. The summed E-state index contributed by atoms with van der Waals surface area (Å²) >= 11 is 1.94. The Labute approximate surface area is 95.6 Å². The summed E-state index contributed by atoms with van der Waals surface area (Å²) in [5, 5.41) is 4.14.